The van der Waals surface area contributed by atoms with Gasteiger partial charge in [-0.2, -0.15) is 0 Å². The molecule has 1 saturated heterocycles. The molecule has 0 N–H and O–H groups in total. The van der Waals surface area contributed by atoms with Crippen LogP contribution in [0.25, 0.3) is 0 Å². The van der Waals surface area contributed by atoms with Crippen molar-refractivity contribution >= 4 is 7.85 Å². The Morgan fingerprint density at radius 1 is 1.67 bits per heavy atom. The second kappa shape index (κ2) is 1.62. The van der Waals surface area contributed by atoms with Gasteiger partial charge in [-0.15, -0.1) is 0 Å². The number of rotatable bonds is 0. The van der Waals surface area contributed by atoms with Gasteiger partial charge >= 0.3 is 0 Å². The molecule has 0 aromatic heterocycles. The lowest BCUT2D eigenvalue weighted by Gasteiger charge is -1.90. The highest BCUT2D eigenvalue weighted by Gasteiger charge is 2.09. The Morgan fingerprint density at radius 3 is 2.67 bits per heavy atom. The molecule has 0 amide bonds. The molecule has 0 aromatic carbocycles. The minimum absolute atomic E-state index is 0.324. The first kappa shape index (κ1) is 4.15. The highest BCUT2D eigenvalue weighted by Crippen LogP contribution is 2.02. The molecule has 2 nitrogen and oxygen atoms in total. The van der Waals surface area contributed by atoms with Gasteiger partial charge in [0.2, 0.25) is 0 Å². The van der Waals surface area contributed by atoms with Crippen LogP contribution in [0.1, 0.15) is 6.42 Å². The monoisotopic (exact) mass is 86.1 g/mol. The molecule has 0 aliphatic carbocycles. The van der Waals surface area contributed by atoms with Crippen molar-refractivity contribution in [3.8, 4) is 0 Å². The first-order chi connectivity index (χ1) is 2.89. The Bertz CT molecular complexity index is 42.1. The lowest BCUT2D eigenvalue weighted by Crippen LogP contribution is -2.00. The summed E-state index contributed by atoms with van der Waals surface area (Å²) >= 11 is 0. The molecule has 1 fully saturated rings. The van der Waals surface area contributed by atoms with Crippen molar-refractivity contribution in [3.05, 3.63) is 0 Å². The summed E-state index contributed by atoms with van der Waals surface area (Å²) in [5.41, 5.74) is 0. The van der Waals surface area contributed by atoms with Crippen LogP contribution in [0.2, 0.25) is 0 Å². The second-order valence-corrected chi connectivity index (χ2v) is 1.52. The molecular weight excluding hydrogens is 78.8 g/mol. The van der Waals surface area contributed by atoms with Gasteiger partial charge in [0, 0.05) is 0 Å². The van der Waals surface area contributed by atoms with Crippen molar-refractivity contribution in [2.75, 3.05) is 6.61 Å². The van der Waals surface area contributed by atoms with Gasteiger partial charge in [-0.3, -0.25) is 0 Å². The summed E-state index contributed by atoms with van der Waals surface area (Å²) in [5.74, 6) is 0. The van der Waals surface area contributed by atoms with Crippen LogP contribution in [0.3, 0.4) is 0 Å². The molecular formula is C3H7BO2. The maximum atomic E-state index is 4.65. The van der Waals surface area contributed by atoms with Crippen molar-refractivity contribution in [2.45, 2.75) is 12.4 Å². The average molecular weight is 85.9 g/mol. The van der Waals surface area contributed by atoms with E-state index in [-0.39, 0.29) is 0 Å². The van der Waals surface area contributed by atoms with E-state index in [1.807, 2.05) is 7.85 Å². The topological polar surface area (TPSA) is 18.5 Å². The molecule has 1 aliphatic rings. The van der Waals surface area contributed by atoms with E-state index in [1.54, 1.807) is 0 Å². The summed E-state index contributed by atoms with van der Waals surface area (Å²) in [6.07, 6.45) is 1.04. The highest BCUT2D eigenvalue weighted by molar-refractivity contribution is 6.11. The number of hydrogen-bond donors (Lipinski definition) is 0. The molecule has 0 radical (unpaired) electrons. The molecule has 1 heterocycles. The first-order valence-corrected chi connectivity index (χ1v) is 2.18. The molecule has 0 saturated carbocycles. The Kier molecular flexibility index (Phi) is 1.12. The normalized spacial score (nSPS) is 34.3. The van der Waals surface area contributed by atoms with Crippen LogP contribution in [0.15, 0.2) is 0 Å². The number of hydrogen-bond acceptors (Lipinski definition) is 2. The third kappa shape index (κ3) is 0.728. The van der Waals surface area contributed by atoms with Crippen molar-refractivity contribution in [2.24, 2.45) is 0 Å². The van der Waals surface area contributed by atoms with Crippen molar-refractivity contribution in [3.63, 3.8) is 0 Å². The third-order valence-corrected chi connectivity index (χ3v) is 0.840. The average Bonchev–Trinajstić information content (AvgIpc) is 1.86. The smallest absolute Gasteiger partial charge is 0.143 e. The van der Waals surface area contributed by atoms with Gasteiger partial charge < -0.3 is 0 Å². The highest BCUT2D eigenvalue weighted by atomic mass is 17.2. The Balaban J connectivity index is 2.18. The lowest BCUT2D eigenvalue weighted by atomic mass is 9.98. The van der Waals surface area contributed by atoms with Gasteiger partial charge in [0.15, 0.2) is 0 Å². The van der Waals surface area contributed by atoms with Crippen molar-refractivity contribution in [1.29, 1.82) is 0 Å². The predicted octanol–water partition coefficient (Wildman–Crippen LogP) is -0.703. The summed E-state index contributed by atoms with van der Waals surface area (Å²) < 4.78 is 0. The Morgan fingerprint density at radius 2 is 2.50 bits per heavy atom. The quantitative estimate of drug-likeness (QED) is 0.286. The minimum atomic E-state index is 0.324. The maximum absolute atomic E-state index is 4.65. The zero-order valence-corrected chi connectivity index (χ0v) is 3.81. The molecule has 3 heteroatoms. The first-order valence-electron chi connectivity index (χ1n) is 2.18. The Hall–Kier alpha value is -0.0151. The molecule has 1 rings (SSSR count). The molecule has 1 atom stereocenters. The fourth-order valence-corrected chi connectivity index (χ4v) is 0.426. The van der Waals surface area contributed by atoms with Gasteiger partial charge in [0.25, 0.3) is 0 Å². The molecule has 1 aliphatic heterocycles. The molecule has 1 unspecified atom stereocenters. The summed E-state index contributed by atoms with van der Waals surface area (Å²) in [6.45, 7) is 0.765. The van der Waals surface area contributed by atoms with Gasteiger partial charge in [0.1, 0.15) is 7.85 Å². The summed E-state index contributed by atoms with van der Waals surface area (Å²) in [5, 5.41) is 0. The van der Waals surface area contributed by atoms with Crippen LogP contribution >= 0.6 is 0 Å². The molecule has 6 heavy (non-hydrogen) atoms. The summed E-state index contributed by atoms with van der Waals surface area (Å²) in [7, 11) is 1.99. The largest absolute Gasteiger partial charge is 0.243 e. The Labute approximate surface area is 37.8 Å². The van der Waals surface area contributed by atoms with Crippen LogP contribution in [-0.2, 0) is 9.78 Å². The van der Waals surface area contributed by atoms with E-state index in [2.05, 4.69) is 9.78 Å². The molecule has 0 aromatic rings. The van der Waals surface area contributed by atoms with Gasteiger partial charge in [-0.1, -0.05) is 0 Å². The summed E-state index contributed by atoms with van der Waals surface area (Å²) in [4.78, 5) is 9.21. The van der Waals surface area contributed by atoms with Gasteiger partial charge in [-0.05, 0) is 6.42 Å². The van der Waals surface area contributed by atoms with Crippen LogP contribution < -0.4 is 0 Å². The second-order valence-electron chi connectivity index (χ2n) is 1.52. The summed E-state index contributed by atoms with van der Waals surface area (Å²) in [6, 6.07) is 0.324. The maximum Gasteiger partial charge on any atom is 0.143 e. The standard InChI is InChI=1S/C3H7BO2/c4-3-1-2-5-6-3/h3H,1-2,4H2. The molecule has 0 spiro atoms. The lowest BCUT2D eigenvalue weighted by molar-refractivity contribution is -0.258. The zero-order chi connectivity index (χ0) is 4.41. The van der Waals surface area contributed by atoms with E-state index in [1.165, 1.54) is 0 Å². The zero-order valence-electron chi connectivity index (χ0n) is 3.81. The van der Waals surface area contributed by atoms with Gasteiger partial charge in [0.05, 0.1) is 12.6 Å². The molecule has 0 bridgehead atoms. The van der Waals surface area contributed by atoms with Crippen LogP contribution in [0.5, 0.6) is 0 Å². The van der Waals surface area contributed by atoms with Crippen molar-refractivity contribution in [1.82, 2.24) is 0 Å². The van der Waals surface area contributed by atoms with E-state index in [4.69, 9.17) is 0 Å². The van der Waals surface area contributed by atoms with E-state index in [0.717, 1.165) is 13.0 Å². The fourth-order valence-electron chi connectivity index (χ4n) is 0.426. The van der Waals surface area contributed by atoms with Crippen molar-refractivity contribution < 1.29 is 9.78 Å². The van der Waals surface area contributed by atoms with Gasteiger partial charge in [-0.25, -0.2) is 9.78 Å². The van der Waals surface area contributed by atoms with E-state index in [0.29, 0.717) is 6.00 Å². The SMILES string of the molecule is BC1CCOO1. The van der Waals surface area contributed by atoms with Crippen LogP contribution in [0, 0.1) is 0 Å². The van der Waals surface area contributed by atoms with E-state index in [9.17, 15) is 0 Å². The minimum Gasteiger partial charge on any atom is -0.243 e. The predicted molar refractivity (Wildman–Crippen MR) is 24.0 cm³/mol. The van der Waals surface area contributed by atoms with E-state index < -0.39 is 0 Å². The van der Waals surface area contributed by atoms with Crippen LogP contribution in [-0.4, -0.2) is 20.5 Å². The van der Waals surface area contributed by atoms with Crippen LogP contribution in [0.4, 0.5) is 0 Å². The molecule has 34 valence electrons. The third-order valence-electron chi connectivity index (χ3n) is 0.840. The van der Waals surface area contributed by atoms with E-state index >= 15 is 0 Å². The fraction of sp³-hybridized carbons (Fsp3) is 1.00.